The normalized spacial score (nSPS) is 22.1. The summed E-state index contributed by atoms with van der Waals surface area (Å²) in [6, 6.07) is 3.81. The Morgan fingerprint density at radius 1 is 1.30 bits per heavy atom. The molecule has 2 unspecified atom stereocenters. The zero-order valence-corrected chi connectivity index (χ0v) is 13.8. The van der Waals surface area contributed by atoms with Crippen molar-refractivity contribution in [2.24, 2.45) is 5.92 Å². The van der Waals surface area contributed by atoms with E-state index in [1.807, 2.05) is 6.07 Å². The second-order valence-electron chi connectivity index (χ2n) is 5.35. The third-order valence-electron chi connectivity index (χ3n) is 3.63. The van der Waals surface area contributed by atoms with Gasteiger partial charge in [0.2, 0.25) is 10.0 Å². The van der Waals surface area contributed by atoms with E-state index in [9.17, 15) is 8.42 Å². The number of hydrogen-bond acceptors (Lipinski definition) is 4. The van der Waals surface area contributed by atoms with Gasteiger partial charge in [-0.1, -0.05) is 20.3 Å². The van der Waals surface area contributed by atoms with Gasteiger partial charge in [0.1, 0.15) is 4.21 Å². The maximum atomic E-state index is 12.2. The summed E-state index contributed by atoms with van der Waals surface area (Å²) in [7, 11) is -3.31. The molecule has 2 N–H and O–H groups in total. The lowest BCUT2D eigenvalue weighted by molar-refractivity contribution is 0.578. The molecule has 1 saturated carbocycles. The number of rotatable bonds is 9. The Labute approximate surface area is 126 Å². The molecule has 1 aliphatic rings. The highest BCUT2D eigenvalue weighted by atomic mass is 32.2. The summed E-state index contributed by atoms with van der Waals surface area (Å²) in [5.74, 6) is 0.530. The molecule has 6 heteroatoms. The highest BCUT2D eigenvalue weighted by Crippen LogP contribution is 2.35. The number of sulfonamides is 1. The lowest BCUT2D eigenvalue weighted by Gasteiger charge is -2.03. The second kappa shape index (κ2) is 7.02. The minimum Gasteiger partial charge on any atom is -0.316 e. The van der Waals surface area contributed by atoms with Gasteiger partial charge < -0.3 is 5.32 Å². The highest BCUT2D eigenvalue weighted by molar-refractivity contribution is 7.91. The van der Waals surface area contributed by atoms with E-state index in [2.05, 4.69) is 23.9 Å². The molecule has 1 aromatic rings. The van der Waals surface area contributed by atoms with Crippen molar-refractivity contribution in [1.82, 2.24) is 10.0 Å². The molecule has 1 heterocycles. The van der Waals surface area contributed by atoms with E-state index in [-0.39, 0.29) is 6.04 Å². The maximum Gasteiger partial charge on any atom is 0.250 e. The third kappa shape index (κ3) is 4.28. The van der Waals surface area contributed by atoms with Gasteiger partial charge in [-0.25, -0.2) is 13.1 Å². The van der Waals surface area contributed by atoms with Crippen molar-refractivity contribution in [3.63, 3.8) is 0 Å². The van der Waals surface area contributed by atoms with Crippen molar-refractivity contribution in [1.29, 1.82) is 0 Å². The molecule has 1 fully saturated rings. The van der Waals surface area contributed by atoms with E-state index in [0.29, 0.717) is 10.1 Å². The molecule has 0 amide bonds. The van der Waals surface area contributed by atoms with Crippen LogP contribution >= 0.6 is 11.3 Å². The van der Waals surface area contributed by atoms with Crippen LogP contribution in [0.3, 0.4) is 0 Å². The first-order chi connectivity index (χ1) is 9.56. The van der Waals surface area contributed by atoms with Crippen LogP contribution in [0.1, 0.15) is 38.0 Å². The molecule has 2 atom stereocenters. The van der Waals surface area contributed by atoms with Gasteiger partial charge in [-0.2, -0.15) is 0 Å². The summed E-state index contributed by atoms with van der Waals surface area (Å²) in [6.45, 7) is 6.15. The van der Waals surface area contributed by atoms with Crippen molar-refractivity contribution in [2.45, 2.75) is 49.8 Å². The zero-order chi connectivity index (χ0) is 14.6. The molecule has 0 radical (unpaired) electrons. The zero-order valence-electron chi connectivity index (χ0n) is 12.2. The average Bonchev–Trinajstić information content (AvgIpc) is 2.97. The van der Waals surface area contributed by atoms with Crippen LogP contribution in [0, 0.1) is 5.92 Å². The van der Waals surface area contributed by atoms with E-state index in [1.165, 1.54) is 11.3 Å². The molecule has 114 valence electrons. The van der Waals surface area contributed by atoms with Crippen LogP contribution in [0.2, 0.25) is 0 Å². The van der Waals surface area contributed by atoms with Crippen molar-refractivity contribution in [3.8, 4) is 0 Å². The monoisotopic (exact) mass is 316 g/mol. The summed E-state index contributed by atoms with van der Waals surface area (Å²) in [4.78, 5) is 1.12. The largest absolute Gasteiger partial charge is 0.316 e. The van der Waals surface area contributed by atoms with Crippen LogP contribution < -0.4 is 10.0 Å². The first-order valence-corrected chi connectivity index (χ1v) is 9.68. The Bertz CT molecular complexity index is 525. The van der Waals surface area contributed by atoms with Crippen LogP contribution in [0.25, 0.3) is 0 Å². The van der Waals surface area contributed by atoms with Gasteiger partial charge in [0.05, 0.1) is 0 Å². The first kappa shape index (κ1) is 15.9. The van der Waals surface area contributed by atoms with Crippen molar-refractivity contribution in [2.75, 3.05) is 13.1 Å². The van der Waals surface area contributed by atoms with E-state index in [1.54, 1.807) is 6.07 Å². The molecule has 2 rings (SSSR count). The lowest BCUT2D eigenvalue weighted by Crippen LogP contribution is -2.26. The van der Waals surface area contributed by atoms with Crippen LogP contribution in [0.4, 0.5) is 0 Å². The van der Waals surface area contributed by atoms with Crippen molar-refractivity contribution in [3.05, 3.63) is 17.0 Å². The molecule has 0 spiro atoms. The van der Waals surface area contributed by atoms with Gasteiger partial charge in [-0.15, -0.1) is 11.3 Å². The molecule has 0 aromatic carbocycles. The van der Waals surface area contributed by atoms with Gasteiger partial charge in [-0.05, 0) is 50.4 Å². The van der Waals surface area contributed by atoms with Crippen molar-refractivity contribution >= 4 is 21.4 Å². The Balaban J connectivity index is 1.87. The Morgan fingerprint density at radius 2 is 2.10 bits per heavy atom. The van der Waals surface area contributed by atoms with Crippen LogP contribution in [-0.4, -0.2) is 27.5 Å². The fourth-order valence-corrected chi connectivity index (χ4v) is 4.94. The SMILES string of the molecule is CCCNCCc1ccc(S(=O)(=O)NC2CC2CC)s1. The number of hydrogen-bond donors (Lipinski definition) is 2. The molecular weight excluding hydrogens is 292 g/mol. The van der Waals surface area contributed by atoms with Gasteiger partial charge in [0.15, 0.2) is 0 Å². The highest BCUT2D eigenvalue weighted by Gasteiger charge is 2.38. The summed E-state index contributed by atoms with van der Waals surface area (Å²) >= 11 is 1.39. The van der Waals surface area contributed by atoms with Gasteiger partial charge >= 0.3 is 0 Å². The standard InChI is InChI=1S/C14H24N2O2S2/c1-3-8-15-9-7-12-5-6-14(19-12)20(17,18)16-13-10-11(13)4-2/h5-6,11,13,15-16H,3-4,7-10H2,1-2H3. The van der Waals surface area contributed by atoms with E-state index in [4.69, 9.17) is 0 Å². The van der Waals surface area contributed by atoms with Gasteiger partial charge in [-0.3, -0.25) is 0 Å². The Morgan fingerprint density at radius 3 is 2.75 bits per heavy atom. The predicted octanol–water partition coefficient (Wildman–Crippen LogP) is 2.37. The lowest BCUT2D eigenvalue weighted by atomic mass is 10.3. The number of thiophene rings is 1. The van der Waals surface area contributed by atoms with E-state index < -0.39 is 10.0 Å². The molecule has 0 aliphatic heterocycles. The summed E-state index contributed by atoms with van der Waals surface area (Å²) < 4.78 is 27.7. The molecular formula is C14H24N2O2S2. The van der Waals surface area contributed by atoms with E-state index >= 15 is 0 Å². The quantitative estimate of drug-likeness (QED) is 0.688. The second-order valence-corrected chi connectivity index (χ2v) is 8.46. The van der Waals surface area contributed by atoms with Crippen LogP contribution in [0.15, 0.2) is 16.3 Å². The number of nitrogens with one attached hydrogen (secondary N) is 2. The Kier molecular flexibility index (Phi) is 5.60. The first-order valence-electron chi connectivity index (χ1n) is 7.38. The molecule has 0 saturated heterocycles. The smallest absolute Gasteiger partial charge is 0.250 e. The van der Waals surface area contributed by atoms with Crippen LogP contribution in [-0.2, 0) is 16.4 Å². The maximum absolute atomic E-state index is 12.2. The van der Waals surface area contributed by atoms with Gasteiger partial charge in [0, 0.05) is 10.9 Å². The Hall–Kier alpha value is -0.430. The minimum atomic E-state index is -3.31. The topological polar surface area (TPSA) is 58.2 Å². The molecule has 20 heavy (non-hydrogen) atoms. The van der Waals surface area contributed by atoms with Crippen LogP contribution in [0.5, 0.6) is 0 Å². The molecule has 0 bridgehead atoms. The molecule has 1 aliphatic carbocycles. The molecule has 1 aromatic heterocycles. The predicted molar refractivity (Wildman–Crippen MR) is 83.7 cm³/mol. The third-order valence-corrected chi connectivity index (χ3v) is 6.76. The minimum absolute atomic E-state index is 0.154. The van der Waals surface area contributed by atoms with Gasteiger partial charge in [0.25, 0.3) is 0 Å². The summed E-state index contributed by atoms with van der Waals surface area (Å²) in [5, 5.41) is 3.33. The fraction of sp³-hybridized carbons (Fsp3) is 0.714. The fourth-order valence-electron chi connectivity index (χ4n) is 2.25. The van der Waals surface area contributed by atoms with E-state index in [0.717, 1.165) is 43.6 Å². The molecule has 4 nitrogen and oxygen atoms in total. The summed E-state index contributed by atoms with van der Waals surface area (Å²) in [5.41, 5.74) is 0. The van der Waals surface area contributed by atoms with Crippen molar-refractivity contribution < 1.29 is 8.42 Å². The summed E-state index contributed by atoms with van der Waals surface area (Å²) in [6.07, 6.45) is 4.04. The average molecular weight is 316 g/mol.